The number of nitrogens with zero attached hydrogens (tertiary/aromatic N) is 2. The van der Waals surface area contributed by atoms with Gasteiger partial charge in [-0.1, -0.05) is 0 Å². The number of fused-ring (bicyclic) bond motifs is 1. The van der Waals surface area contributed by atoms with Crippen molar-refractivity contribution in [2.75, 3.05) is 24.6 Å². The fourth-order valence-corrected chi connectivity index (χ4v) is 1.81. The van der Waals surface area contributed by atoms with Gasteiger partial charge in [0.15, 0.2) is 0 Å². The zero-order valence-electron chi connectivity index (χ0n) is 9.39. The first kappa shape index (κ1) is 11.0. The van der Waals surface area contributed by atoms with Gasteiger partial charge < -0.3 is 14.4 Å². The zero-order valence-corrected chi connectivity index (χ0v) is 9.39. The summed E-state index contributed by atoms with van der Waals surface area (Å²) in [6, 6.07) is 3.79. The minimum Gasteiger partial charge on any atom is -0.464 e. The summed E-state index contributed by atoms with van der Waals surface area (Å²) in [6.07, 6.45) is 4.18. The highest BCUT2D eigenvalue weighted by Gasteiger charge is 2.10. The molecule has 0 fully saturated rings. The molecule has 0 radical (unpaired) electrons. The largest absolute Gasteiger partial charge is 0.464 e. The zero-order chi connectivity index (χ0) is 11.4. The molecule has 0 saturated carbocycles. The SMILES string of the molecule is CCN(CCCO)c1nccc2occc12. The van der Waals surface area contributed by atoms with Gasteiger partial charge in [-0.25, -0.2) is 4.98 Å². The second-order valence-corrected chi connectivity index (χ2v) is 3.62. The van der Waals surface area contributed by atoms with E-state index < -0.39 is 0 Å². The molecule has 4 heteroatoms. The summed E-state index contributed by atoms with van der Waals surface area (Å²) in [5.41, 5.74) is 0.854. The Bertz CT molecular complexity index is 453. The van der Waals surface area contributed by atoms with E-state index in [0.29, 0.717) is 0 Å². The molecule has 0 spiro atoms. The molecule has 4 nitrogen and oxygen atoms in total. The Morgan fingerprint density at radius 3 is 3.06 bits per heavy atom. The Kier molecular flexibility index (Phi) is 3.41. The molecule has 2 rings (SSSR count). The van der Waals surface area contributed by atoms with Crippen molar-refractivity contribution in [1.82, 2.24) is 4.98 Å². The van der Waals surface area contributed by atoms with Crippen molar-refractivity contribution in [2.45, 2.75) is 13.3 Å². The standard InChI is InChI=1S/C12H16N2O2/c1-2-14(7-3-8-15)12-10-5-9-16-11(10)4-6-13-12/h4-6,9,15H,2-3,7-8H2,1H3. The summed E-state index contributed by atoms with van der Waals surface area (Å²) in [4.78, 5) is 6.53. The minimum absolute atomic E-state index is 0.206. The number of anilines is 1. The summed E-state index contributed by atoms with van der Waals surface area (Å²) in [5.74, 6) is 0.933. The van der Waals surface area contributed by atoms with E-state index in [9.17, 15) is 0 Å². The topological polar surface area (TPSA) is 49.5 Å². The monoisotopic (exact) mass is 220 g/mol. The van der Waals surface area contributed by atoms with Crippen LogP contribution in [0.15, 0.2) is 29.0 Å². The predicted octanol–water partition coefficient (Wildman–Crippen LogP) is 2.04. The van der Waals surface area contributed by atoms with Crippen molar-refractivity contribution in [1.29, 1.82) is 0 Å². The van der Waals surface area contributed by atoms with E-state index in [-0.39, 0.29) is 6.61 Å². The molecule has 1 N–H and O–H groups in total. The summed E-state index contributed by atoms with van der Waals surface area (Å²) in [6.45, 7) is 3.97. The second kappa shape index (κ2) is 4.99. The lowest BCUT2D eigenvalue weighted by atomic mass is 10.3. The van der Waals surface area contributed by atoms with Gasteiger partial charge in [-0.15, -0.1) is 0 Å². The van der Waals surface area contributed by atoms with Crippen LogP contribution in [-0.4, -0.2) is 29.8 Å². The van der Waals surface area contributed by atoms with Crippen molar-refractivity contribution in [3.8, 4) is 0 Å². The first-order valence-corrected chi connectivity index (χ1v) is 5.55. The van der Waals surface area contributed by atoms with Crippen LogP contribution in [0, 0.1) is 0 Å². The van der Waals surface area contributed by atoms with Crippen LogP contribution < -0.4 is 4.90 Å². The average Bonchev–Trinajstić information content (AvgIpc) is 2.78. The lowest BCUT2D eigenvalue weighted by Gasteiger charge is -2.21. The number of aliphatic hydroxyl groups is 1. The summed E-state index contributed by atoms with van der Waals surface area (Å²) in [7, 11) is 0. The van der Waals surface area contributed by atoms with Crippen molar-refractivity contribution < 1.29 is 9.52 Å². The minimum atomic E-state index is 0.206. The highest BCUT2D eigenvalue weighted by atomic mass is 16.3. The van der Waals surface area contributed by atoms with Gasteiger partial charge in [-0.05, 0) is 25.5 Å². The summed E-state index contributed by atoms with van der Waals surface area (Å²) in [5, 5.41) is 9.90. The smallest absolute Gasteiger partial charge is 0.139 e. The Morgan fingerprint density at radius 2 is 2.31 bits per heavy atom. The van der Waals surface area contributed by atoms with Gasteiger partial charge in [0.2, 0.25) is 0 Å². The fraction of sp³-hybridized carbons (Fsp3) is 0.417. The average molecular weight is 220 g/mol. The molecule has 0 amide bonds. The molecule has 2 aromatic heterocycles. The maximum Gasteiger partial charge on any atom is 0.139 e. The molecule has 0 saturated heterocycles. The molecular formula is C12H16N2O2. The number of furan rings is 1. The van der Waals surface area contributed by atoms with Crippen LogP contribution in [0.1, 0.15) is 13.3 Å². The molecule has 0 atom stereocenters. The lowest BCUT2D eigenvalue weighted by Crippen LogP contribution is -2.25. The molecule has 0 bridgehead atoms. The van der Waals surface area contributed by atoms with E-state index in [1.54, 1.807) is 12.5 Å². The van der Waals surface area contributed by atoms with Gasteiger partial charge in [0.05, 0.1) is 11.6 Å². The van der Waals surface area contributed by atoms with Gasteiger partial charge in [0.25, 0.3) is 0 Å². The first-order chi connectivity index (χ1) is 7.86. The van der Waals surface area contributed by atoms with E-state index in [0.717, 1.165) is 36.3 Å². The normalized spacial score (nSPS) is 10.9. The number of aliphatic hydroxyl groups excluding tert-OH is 1. The van der Waals surface area contributed by atoms with Crippen LogP contribution in [-0.2, 0) is 0 Å². The van der Waals surface area contributed by atoms with Crippen LogP contribution in [0.2, 0.25) is 0 Å². The van der Waals surface area contributed by atoms with E-state index >= 15 is 0 Å². The molecule has 0 unspecified atom stereocenters. The lowest BCUT2D eigenvalue weighted by molar-refractivity contribution is 0.289. The van der Waals surface area contributed by atoms with Crippen LogP contribution in [0.5, 0.6) is 0 Å². The third-order valence-corrected chi connectivity index (χ3v) is 2.63. The number of aromatic nitrogens is 1. The van der Waals surface area contributed by atoms with Crippen LogP contribution >= 0.6 is 0 Å². The molecule has 16 heavy (non-hydrogen) atoms. The molecular weight excluding hydrogens is 204 g/mol. The number of hydrogen-bond donors (Lipinski definition) is 1. The van der Waals surface area contributed by atoms with Crippen molar-refractivity contribution in [3.63, 3.8) is 0 Å². The number of hydrogen-bond acceptors (Lipinski definition) is 4. The van der Waals surface area contributed by atoms with Crippen LogP contribution in [0.25, 0.3) is 11.0 Å². The highest BCUT2D eigenvalue weighted by Crippen LogP contribution is 2.24. The number of pyridine rings is 1. The van der Waals surface area contributed by atoms with Crippen molar-refractivity contribution >= 4 is 16.8 Å². The third-order valence-electron chi connectivity index (χ3n) is 2.63. The van der Waals surface area contributed by atoms with Gasteiger partial charge in [-0.2, -0.15) is 0 Å². The Balaban J connectivity index is 2.32. The van der Waals surface area contributed by atoms with Crippen molar-refractivity contribution in [2.24, 2.45) is 0 Å². The maximum atomic E-state index is 8.87. The predicted molar refractivity (Wildman–Crippen MR) is 63.6 cm³/mol. The quantitative estimate of drug-likeness (QED) is 0.837. The molecule has 0 aliphatic rings. The van der Waals surface area contributed by atoms with Gasteiger partial charge in [0.1, 0.15) is 11.4 Å². The Hall–Kier alpha value is -1.55. The molecule has 86 valence electrons. The van der Waals surface area contributed by atoms with E-state index in [2.05, 4.69) is 16.8 Å². The molecule has 0 aliphatic heterocycles. The maximum absolute atomic E-state index is 8.87. The molecule has 0 aliphatic carbocycles. The Morgan fingerprint density at radius 1 is 1.44 bits per heavy atom. The second-order valence-electron chi connectivity index (χ2n) is 3.62. The van der Waals surface area contributed by atoms with Crippen LogP contribution in [0.3, 0.4) is 0 Å². The summed E-state index contributed by atoms with van der Waals surface area (Å²) < 4.78 is 5.34. The molecule has 0 aromatic carbocycles. The van der Waals surface area contributed by atoms with Gasteiger partial charge >= 0.3 is 0 Å². The first-order valence-electron chi connectivity index (χ1n) is 5.55. The van der Waals surface area contributed by atoms with Gasteiger partial charge in [0, 0.05) is 25.9 Å². The van der Waals surface area contributed by atoms with E-state index in [4.69, 9.17) is 9.52 Å². The van der Waals surface area contributed by atoms with E-state index in [1.807, 2.05) is 12.1 Å². The Labute approximate surface area is 94.5 Å². The summed E-state index contributed by atoms with van der Waals surface area (Å²) >= 11 is 0. The number of rotatable bonds is 5. The molecule has 2 aromatic rings. The highest BCUT2D eigenvalue weighted by molar-refractivity contribution is 5.88. The molecule has 2 heterocycles. The van der Waals surface area contributed by atoms with E-state index in [1.165, 1.54) is 0 Å². The third kappa shape index (κ3) is 2.02. The van der Waals surface area contributed by atoms with Gasteiger partial charge in [-0.3, -0.25) is 0 Å². The van der Waals surface area contributed by atoms with Crippen LogP contribution in [0.4, 0.5) is 5.82 Å². The van der Waals surface area contributed by atoms with Crippen molar-refractivity contribution in [3.05, 3.63) is 24.6 Å². The fourth-order valence-electron chi connectivity index (χ4n) is 1.81.